The third-order valence-electron chi connectivity index (χ3n) is 5.47. The quantitative estimate of drug-likeness (QED) is 0.500. The standard InChI is InChI=1S/C21H21BrF3N2O.BrH/c22-17-10-8-15(9-11-17)20(28)14-26-12-3-1-2-7-19(26)27(20)18-6-4-5-16(13-18)21(23,24)25;/h4-6,8-11,13,28H,1-3,7,12,14H2;1H/q+1;. The van der Waals surface area contributed by atoms with E-state index in [1.807, 2.05) is 24.3 Å². The second-order valence-corrected chi connectivity index (χ2v) is 8.27. The minimum Gasteiger partial charge on any atom is -0.346 e. The van der Waals surface area contributed by atoms with Crippen molar-refractivity contribution in [3.63, 3.8) is 0 Å². The summed E-state index contributed by atoms with van der Waals surface area (Å²) < 4.78 is 42.9. The molecule has 0 aromatic heterocycles. The van der Waals surface area contributed by atoms with Gasteiger partial charge in [-0.1, -0.05) is 34.1 Å². The van der Waals surface area contributed by atoms with Gasteiger partial charge in [0.05, 0.1) is 12.1 Å². The fraction of sp³-hybridized carbons (Fsp3) is 0.381. The maximum Gasteiger partial charge on any atom is 0.416 e. The van der Waals surface area contributed by atoms with Gasteiger partial charge in [-0.05, 0) is 49.6 Å². The van der Waals surface area contributed by atoms with Crippen molar-refractivity contribution >= 4 is 44.4 Å². The van der Waals surface area contributed by atoms with Gasteiger partial charge >= 0.3 is 6.18 Å². The molecule has 2 aromatic carbocycles. The highest BCUT2D eigenvalue weighted by Crippen LogP contribution is 2.40. The van der Waals surface area contributed by atoms with Crippen LogP contribution in [0.2, 0.25) is 0 Å². The van der Waals surface area contributed by atoms with Crippen molar-refractivity contribution in [3.8, 4) is 0 Å². The lowest BCUT2D eigenvalue weighted by Crippen LogP contribution is -2.47. The normalized spacial score (nSPS) is 22.2. The van der Waals surface area contributed by atoms with Gasteiger partial charge in [-0.15, -0.1) is 17.0 Å². The molecule has 0 bridgehead atoms. The number of hydrogen-bond acceptors (Lipinski definition) is 2. The zero-order chi connectivity index (χ0) is 19.9. The average Bonchev–Trinajstić information content (AvgIpc) is 2.78. The van der Waals surface area contributed by atoms with Gasteiger partial charge in [0.25, 0.3) is 11.6 Å². The number of halogens is 5. The van der Waals surface area contributed by atoms with Crippen molar-refractivity contribution in [2.75, 3.05) is 18.0 Å². The first-order valence-corrected chi connectivity index (χ1v) is 10.1. The maximum atomic E-state index is 13.3. The van der Waals surface area contributed by atoms with Gasteiger partial charge < -0.3 is 5.11 Å². The molecule has 0 saturated carbocycles. The zero-order valence-electron chi connectivity index (χ0n) is 15.6. The van der Waals surface area contributed by atoms with E-state index in [0.717, 1.165) is 54.7 Å². The molecule has 0 radical (unpaired) electrons. The van der Waals surface area contributed by atoms with Crippen LogP contribution in [0.1, 0.15) is 36.8 Å². The second kappa shape index (κ2) is 8.40. The topological polar surface area (TPSA) is 26.5 Å². The molecule has 2 aliphatic rings. The number of nitrogens with zero attached hydrogens (tertiary/aromatic N) is 2. The summed E-state index contributed by atoms with van der Waals surface area (Å²) in [4.78, 5) is 1.71. The summed E-state index contributed by atoms with van der Waals surface area (Å²) in [7, 11) is 0. The Morgan fingerprint density at radius 3 is 2.45 bits per heavy atom. The van der Waals surface area contributed by atoms with Gasteiger partial charge in [-0.2, -0.15) is 18.1 Å². The van der Waals surface area contributed by atoms with E-state index in [9.17, 15) is 18.3 Å². The Kier molecular flexibility index (Phi) is 6.46. The van der Waals surface area contributed by atoms with Crippen LogP contribution in [-0.4, -0.2) is 28.6 Å². The van der Waals surface area contributed by atoms with Crippen LogP contribution >= 0.6 is 32.9 Å². The molecule has 3 nitrogen and oxygen atoms in total. The minimum atomic E-state index is -4.43. The lowest BCUT2D eigenvalue weighted by atomic mass is 9.99. The Morgan fingerprint density at radius 1 is 1.03 bits per heavy atom. The van der Waals surface area contributed by atoms with Crippen LogP contribution in [-0.2, 0) is 11.9 Å². The van der Waals surface area contributed by atoms with Crippen LogP contribution in [0.25, 0.3) is 0 Å². The Balaban J connectivity index is 0.00000240. The van der Waals surface area contributed by atoms with E-state index in [0.29, 0.717) is 17.8 Å². The van der Waals surface area contributed by atoms with Crippen LogP contribution in [0.15, 0.2) is 53.0 Å². The number of anilines is 1. The smallest absolute Gasteiger partial charge is 0.346 e. The largest absolute Gasteiger partial charge is 0.416 e. The molecular formula is C21H22Br2F3N2O+. The van der Waals surface area contributed by atoms with E-state index in [-0.39, 0.29) is 17.0 Å². The first-order valence-electron chi connectivity index (χ1n) is 9.36. The predicted molar refractivity (Wildman–Crippen MR) is 116 cm³/mol. The van der Waals surface area contributed by atoms with Crippen molar-refractivity contribution in [1.29, 1.82) is 0 Å². The second-order valence-electron chi connectivity index (χ2n) is 7.36. The Hall–Kier alpha value is -1.38. The maximum absolute atomic E-state index is 13.3. The van der Waals surface area contributed by atoms with E-state index in [4.69, 9.17) is 0 Å². The SMILES string of the molecule is Br.OC1(c2ccc(Br)cc2)C[N+]2=C(CCCCC2)N1c1cccc(C(F)(F)F)c1. The van der Waals surface area contributed by atoms with Crippen LogP contribution in [0.5, 0.6) is 0 Å². The third-order valence-corrected chi connectivity index (χ3v) is 6.00. The summed E-state index contributed by atoms with van der Waals surface area (Å²) in [5.74, 6) is 0.891. The van der Waals surface area contributed by atoms with Crippen molar-refractivity contribution in [1.82, 2.24) is 0 Å². The number of amidine groups is 1. The first kappa shape index (κ1) is 22.3. The molecule has 2 heterocycles. The fourth-order valence-electron chi connectivity index (χ4n) is 4.14. The third kappa shape index (κ3) is 4.25. The summed E-state index contributed by atoms with van der Waals surface area (Å²) in [5.41, 5.74) is -1.11. The van der Waals surface area contributed by atoms with Crippen LogP contribution in [0.3, 0.4) is 0 Å². The molecule has 1 unspecified atom stereocenters. The summed E-state index contributed by atoms with van der Waals surface area (Å²) >= 11 is 3.40. The molecular weight excluding hydrogens is 513 g/mol. The Labute approximate surface area is 186 Å². The molecule has 8 heteroatoms. The highest BCUT2D eigenvalue weighted by Gasteiger charge is 2.54. The molecule has 1 N–H and O–H groups in total. The molecule has 0 amide bonds. The molecule has 1 atom stereocenters. The number of hydrogen-bond donors (Lipinski definition) is 1. The van der Waals surface area contributed by atoms with Crippen LogP contribution in [0, 0.1) is 0 Å². The molecule has 2 aliphatic heterocycles. The number of alkyl halides is 3. The fourth-order valence-corrected chi connectivity index (χ4v) is 4.41. The van der Waals surface area contributed by atoms with Crippen molar-refractivity contribution < 1.29 is 22.9 Å². The predicted octanol–water partition coefficient (Wildman–Crippen LogP) is 5.70. The van der Waals surface area contributed by atoms with Gasteiger partial charge in [0.2, 0.25) is 0 Å². The van der Waals surface area contributed by atoms with E-state index < -0.39 is 17.5 Å². The van der Waals surface area contributed by atoms with Crippen molar-refractivity contribution in [3.05, 3.63) is 64.1 Å². The van der Waals surface area contributed by atoms with E-state index in [1.165, 1.54) is 6.07 Å². The summed E-state index contributed by atoms with van der Waals surface area (Å²) in [6.07, 6.45) is -0.657. The molecule has 2 aromatic rings. The van der Waals surface area contributed by atoms with Crippen LogP contribution < -0.4 is 4.90 Å². The lowest BCUT2D eigenvalue weighted by molar-refractivity contribution is -0.534. The van der Waals surface area contributed by atoms with Crippen LogP contribution in [0.4, 0.5) is 18.9 Å². The molecule has 4 rings (SSSR count). The first-order chi connectivity index (χ1) is 13.3. The monoisotopic (exact) mass is 533 g/mol. The van der Waals surface area contributed by atoms with Gasteiger partial charge in [-0.3, -0.25) is 4.58 Å². The molecule has 0 spiro atoms. The van der Waals surface area contributed by atoms with E-state index >= 15 is 0 Å². The van der Waals surface area contributed by atoms with Gasteiger partial charge in [0.1, 0.15) is 5.69 Å². The van der Waals surface area contributed by atoms with Gasteiger partial charge in [-0.25, -0.2) is 0 Å². The Bertz CT molecular complexity index is 915. The molecule has 29 heavy (non-hydrogen) atoms. The highest BCUT2D eigenvalue weighted by molar-refractivity contribution is 9.10. The van der Waals surface area contributed by atoms with E-state index in [2.05, 4.69) is 20.5 Å². The molecule has 0 fully saturated rings. The summed E-state index contributed by atoms with van der Waals surface area (Å²) in [6, 6.07) is 12.5. The lowest BCUT2D eigenvalue weighted by Gasteiger charge is -2.29. The van der Waals surface area contributed by atoms with Gasteiger partial charge in [0, 0.05) is 16.5 Å². The minimum absolute atomic E-state index is 0. The summed E-state index contributed by atoms with van der Waals surface area (Å²) in [6.45, 7) is 1.13. The number of aliphatic hydroxyl groups is 1. The van der Waals surface area contributed by atoms with E-state index in [1.54, 1.807) is 11.0 Å². The van der Waals surface area contributed by atoms with Crippen molar-refractivity contribution in [2.45, 2.75) is 37.6 Å². The molecule has 0 aliphatic carbocycles. The Morgan fingerprint density at radius 2 is 1.76 bits per heavy atom. The number of rotatable bonds is 2. The van der Waals surface area contributed by atoms with Crippen molar-refractivity contribution in [2.24, 2.45) is 0 Å². The zero-order valence-corrected chi connectivity index (χ0v) is 18.9. The number of benzene rings is 2. The molecule has 0 saturated heterocycles. The highest BCUT2D eigenvalue weighted by atomic mass is 79.9. The summed E-state index contributed by atoms with van der Waals surface area (Å²) in [5, 5.41) is 11.7. The van der Waals surface area contributed by atoms with Gasteiger partial charge in [0.15, 0.2) is 6.54 Å². The average molecular weight is 535 g/mol. The molecule has 156 valence electrons.